The van der Waals surface area contributed by atoms with Crippen molar-refractivity contribution < 1.29 is 14.4 Å². The molecule has 1 atom stereocenters. The highest BCUT2D eigenvalue weighted by molar-refractivity contribution is 6.21. The first-order valence-corrected chi connectivity index (χ1v) is 5.44. The molecule has 0 saturated heterocycles. The Kier molecular flexibility index (Phi) is 2.97. The first-order valence-electron chi connectivity index (χ1n) is 5.44. The van der Waals surface area contributed by atoms with Gasteiger partial charge in [-0.05, 0) is 19.1 Å². The Balaban J connectivity index is 2.39. The van der Waals surface area contributed by atoms with Gasteiger partial charge in [0, 0.05) is 6.20 Å². The predicted octanol–water partition coefficient (Wildman–Crippen LogP) is 1.23. The van der Waals surface area contributed by atoms with E-state index in [0.29, 0.717) is 17.5 Å². The van der Waals surface area contributed by atoms with Gasteiger partial charge in [0.05, 0.1) is 11.1 Å². The summed E-state index contributed by atoms with van der Waals surface area (Å²) in [6.07, 6.45) is 1.12. The average Bonchev–Trinajstić information content (AvgIpc) is 2.64. The Morgan fingerprint density at radius 2 is 1.72 bits per heavy atom. The molecule has 0 radical (unpaired) electrons. The maximum atomic E-state index is 12.1. The smallest absolute Gasteiger partial charge is 0.263 e. The zero-order valence-electron chi connectivity index (χ0n) is 9.87. The number of imide groups is 1. The lowest BCUT2D eigenvalue weighted by Gasteiger charge is -2.28. The minimum atomic E-state index is -0.688. The fraction of sp³-hybridized carbons (Fsp3) is 0.154. The Labute approximate surface area is 104 Å². The van der Waals surface area contributed by atoms with E-state index in [2.05, 4.69) is 6.58 Å². The second kappa shape index (κ2) is 4.44. The molecule has 92 valence electrons. The molecule has 1 aliphatic heterocycles. The Hall–Kier alpha value is -2.43. The van der Waals surface area contributed by atoms with Crippen LogP contribution in [0.3, 0.4) is 0 Å². The minimum Gasteiger partial charge on any atom is -0.301 e. The molecule has 0 fully saturated rings. The summed E-state index contributed by atoms with van der Waals surface area (Å²) in [6, 6.07) is 6.59. The molecule has 1 heterocycles. The molecule has 0 N–H and O–H groups in total. The van der Waals surface area contributed by atoms with E-state index in [-0.39, 0.29) is 0 Å². The summed E-state index contributed by atoms with van der Waals surface area (Å²) in [5.74, 6) is -0.784. The van der Waals surface area contributed by atoms with Gasteiger partial charge in [-0.2, -0.15) is 0 Å². The second-order valence-electron chi connectivity index (χ2n) is 3.89. The summed E-state index contributed by atoms with van der Waals surface area (Å²) in [5.41, 5.74) is 0.730. The van der Waals surface area contributed by atoms with Crippen LogP contribution >= 0.6 is 0 Å². The van der Waals surface area contributed by atoms with Gasteiger partial charge < -0.3 is 4.90 Å². The fourth-order valence-electron chi connectivity index (χ4n) is 1.96. The van der Waals surface area contributed by atoms with E-state index < -0.39 is 18.0 Å². The molecule has 1 aliphatic rings. The number of hydrogen-bond acceptors (Lipinski definition) is 3. The van der Waals surface area contributed by atoms with Gasteiger partial charge in [-0.3, -0.25) is 19.3 Å². The van der Waals surface area contributed by atoms with Crippen molar-refractivity contribution in [1.29, 1.82) is 0 Å². The molecule has 5 heteroatoms. The highest BCUT2D eigenvalue weighted by Crippen LogP contribution is 2.25. The number of carbonyl (C=O) groups is 3. The van der Waals surface area contributed by atoms with Crippen LogP contribution in [0.1, 0.15) is 27.6 Å². The van der Waals surface area contributed by atoms with E-state index in [1.807, 2.05) is 0 Å². The van der Waals surface area contributed by atoms with Gasteiger partial charge in [0.2, 0.25) is 6.41 Å². The summed E-state index contributed by atoms with van der Waals surface area (Å²) < 4.78 is 0. The lowest BCUT2D eigenvalue weighted by atomic mass is 10.1. The summed E-state index contributed by atoms with van der Waals surface area (Å²) >= 11 is 0. The summed E-state index contributed by atoms with van der Waals surface area (Å²) in [5, 5.41) is 0. The molecule has 1 unspecified atom stereocenters. The quantitative estimate of drug-likeness (QED) is 0.591. The number of amides is 3. The number of fused-ring (bicyclic) bond motifs is 1. The van der Waals surface area contributed by atoms with Crippen LogP contribution in [0.25, 0.3) is 0 Å². The molecule has 1 aromatic rings. The van der Waals surface area contributed by atoms with E-state index in [0.717, 1.165) is 4.90 Å². The number of nitrogens with zero attached hydrogens (tertiary/aromatic N) is 2. The first-order chi connectivity index (χ1) is 8.61. The third kappa shape index (κ3) is 1.60. The monoisotopic (exact) mass is 244 g/mol. The summed E-state index contributed by atoms with van der Waals surface area (Å²) in [6.45, 7) is 5.06. The van der Waals surface area contributed by atoms with Crippen LogP contribution in [0.15, 0.2) is 37.0 Å². The number of benzene rings is 1. The molecule has 0 saturated carbocycles. The first kappa shape index (κ1) is 12.0. The Bertz CT molecular complexity index is 496. The van der Waals surface area contributed by atoms with Crippen LogP contribution in [-0.4, -0.2) is 34.2 Å². The van der Waals surface area contributed by atoms with Gasteiger partial charge in [0.1, 0.15) is 6.17 Å². The van der Waals surface area contributed by atoms with Crippen molar-refractivity contribution in [3.8, 4) is 0 Å². The lowest BCUT2D eigenvalue weighted by Crippen LogP contribution is -2.46. The molecule has 1 aromatic carbocycles. The number of rotatable bonds is 4. The highest BCUT2D eigenvalue weighted by Gasteiger charge is 2.39. The largest absolute Gasteiger partial charge is 0.301 e. The topological polar surface area (TPSA) is 57.7 Å². The molecule has 2 rings (SSSR count). The van der Waals surface area contributed by atoms with Crippen LogP contribution in [-0.2, 0) is 4.79 Å². The van der Waals surface area contributed by atoms with Crippen molar-refractivity contribution in [3.05, 3.63) is 48.2 Å². The van der Waals surface area contributed by atoms with E-state index in [9.17, 15) is 14.4 Å². The maximum Gasteiger partial charge on any atom is 0.263 e. The van der Waals surface area contributed by atoms with Gasteiger partial charge in [0.15, 0.2) is 0 Å². The van der Waals surface area contributed by atoms with E-state index in [4.69, 9.17) is 0 Å². The highest BCUT2D eigenvalue weighted by atomic mass is 16.2. The Morgan fingerprint density at radius 3 is 2.11 bits per heavy atom. The third-order valence-electron chi connectivity index (χ3n) is 2.96. The van der Waals surface area contributed by atoms with Crippen LogP contribution in [0.5, 0.6) is 0 Å². The minimum absolute atomic E-state index is 0.365. The van der Waals surface area contributed by atoms with Gasteiger partial charge in [-0.1, -0.05) is 18.7 Å². The molecular weight excluding hydrogens is 232 g/mol. The van der Waals surface area contributed by atoms with Gasteiger partial charge in [-0.25, -0.2) is 0 Å². The van der Waals surface area contributed by atoms with Crippen LogP contribution < -0.4 is 0 Å². The molecular formula is C13H12N2O3. The van der Waals surface area contributed by atoms with Crippen molar-refractivity contribution in [3.63, 3.8) is 0 Å². The van der Waals surface area contributed by atoms with Crippen molar-refractivity contribution in [1.82, 2.24) is 9.80 Å². The van der Waals surface area contributed by atoms with E-state index >= 15 is 0 Å². The van der Waals surface area contributed by atoms with Gasteiger partial charge >= 0.3 is 0 Å². The standard InChI is InChI=1S/C13H12N2O3/c1-3-14(8-16)9(2)15-12(17)10-6-4-5-7-11(10)13(15)18/h3-9H,1H2,2H3. The van der Waals surface area contributed by atoms with Crippen LogP contribution in [0.2, 0.25) is 0 Å². The molecule has 18 heavy (non-hydrogen) atoms. The normalized spacial score (nSPS) is 15.3. The Morgan fingerprint density at radius 1 is 1.22 bits per heavy atom. The molecule has 0 spiro atoms. The third-order valence-corrected chi connectivity index (χ3v) is 2.96. The maximum absolute atomic E-state index is 12.1. The second-order valence-corrected chi connectivity index (χ2v) is 3.89. The predicted molar refractivity (Wildman–Crippen MR) is 64.5 cm³/mol. The SMILES string of the molecule is C=CN(C=O)C(C)N1C(=O)c2ccccc2C1=O. The molecule has 0 bridgehead atoms. The average molecular weight is 244 g/mol. The fourth-order valence-corrected chi connectivity index (χ4v) is 1.96. The number of carbonyl (C=O) groups excluding carboxylic acids is 3. The van der Waals surface area contributed by atoms with Crippen molar-refractivity contribution in [2.45, 2.75) is 13.1 Å². The zero-order chi connectivity index (χ0) is 13.3. The molecule has 5 nitrogen and oxygen atoms in total. The molecule has 3 amide bonds. The molecule has 0 aromatic heterocycles. The summed E-state index contributed by atoms with van der Waals surface area (Å²) in [4.78, 5) is 37.3. The zero-order valence-corrected chi connectivity index (χ0v) is 9.87. The molecule has 0 aliphatic carbocycles. The van der Waals surface area contributed by atoms with E-state index in [1.165, 1.54) is 11.1 Å². The van der Waals surface area contributed by atoms with Crippen molar-refractivity contribution >= 4 is 18.2 Å². The van der Waals surface area contributed by atoms with Crippen molar-refractivity contribution in [2.24, 2.45) is 0 Å². The lowest BCUT2D eigenvalue weighted by molar-refractivity contribution is -0.118. The van der Waals surface area contributed by atoms with Crippen molar-refractivity contribution in [2.75, 3.05) is 0 Å². The summed E-state index contributed by atoms with van der Waals surface area (Å²) in [7, 11) is 0. The van der Waals surface area contributed by atoms with Crippen LogP contribution in [0, 0.1) is 0 Å². The van der Waals surface area contributed by atoms with Gasteiger partial charge in [-0.15, -0.1) is 0 Å². The van der Waals surface area contributed by atoms with E-state index in [1.54, 1.807) is 31.2 Å². The van der Waals surface area contributed by atoms with Crippen LogP contribution in [0.4, 0.5) is 0 Å². The van der Waals surface area contributed by atoms with Gasteiger partial charge in [0.25, 0.3) is 11.8 Å². The number of hydrogen-bond donors (Lipinski definition) is 0.